The number of anilines is 1. The number of aromatic nitrogens is 1. The van der Waals surface area contributed by atoms with E-state index in [0.717, 1.165) is 11.1 Å². The fraction of sp³-hybridized carbons (Fsp3) is 0.235. The zero-order valence-corrected chi connectivity index (χ0v) is 12.3. The van der Waals surface area contributed by atoms with E-state index < -0.39 is 5.97 Å². The van der Waals surface area contributed by atoms with Crippen molar-refractivity contribution in [1.82, 2.24) is 4.98 Å². The molecule has 0 saturated carbocycles. The van der Waals surface area contributed by atoms with Gasteiger partial charge in [0.1, 0.15) is 5.82 Å². The molecule has 1 amide bonds. The van der Waals surface area contributed by atoms with E-state index in [2.05, 4.69) is 10.3 Å². The lowest BCUT2D eigenvalue weighted by molar-refractivity contribution is -0.137. The third-order valence-electron chi connectivity index (χ3n) is 3.30. The maximum Gasteiger partial charge on any atom is 0.303 e. The Morgan fingerprint density at radius 2 is 1.86 bits per heavy atom. The minimum atomic E-state index is -0.921. The van der Waals surface area contributed by atoms with Crippen LogP contribution in [-0.4, -0.2) is 22.0 Å². The molecule has 0 saturated heterocycles. The van der Waals surface area contributed by atoms with Gasteiger partial charge in [-0.15, -0.1) is 0 Å². The first-order valence-corrected chi connectivity index (χ1v) is 7.04. The molecule has 0 radical (unpaired) electrons. The second kappa shape index (κ2) is 7.36. The van der Waals surface area contributed by atoms with Gasteiger partial charge in [0.15, 0.2) is 0 Å². The Kier molecular flexibility index (Phi) is 5.25. The van der Waals surface area contributed by atoms with Gasteiger partial charge in [-0.2, -0.15) is 0 Å². The smallest absolute Gasteiger partial charge is 0.303 e. The van der Waals surface area contributed by atoms with Gasteiger partial charge in [0.25, 0.3) is 0 Å². The predicted octanol–water partition coefficient (Wildman–Crippen LogP) is 2.98. The van der Waals surface area contributed by atoms with Crippen LogP contribution in [0.15, 0.2) is 48.7 Å². The number of nitrogens with zero attached hydrogens (tertiary/aromatic N) is 1. The Morgan fingerprint density at radius 1 is 1.14 bits per heavy atom. The van der Waals surface area contributed by atoms with Crippen LogP contribution in [0.1, 0.15) is 29.9 Å². The Morgan fingerprint density at radius 3 is 2.45 bits per heavy atom. The van der Waals surface area contributed by atoms with Crippen LogP contribution in [0.25, 0.3) is 0 Å². The summed E-state index contributed by atoms with van der Waals surface area (Å²) in [6.07, 6.45) is 1.69. The van der Waals surface area contributed by atoms with Crippen LogP contribution in [-0.2, 0) is 9.59 Å². The highest BCUT2D eigenvalue weighted by Crippen LogP contribution is 2.24. The Labute approximate surface area is 129 Å². The average Bonchev–Trinajstić information content (AvgIpc) is 2.49. The van der Waals surface area contributed by atoms with Crippen LogP contribution in [0.4, 0.5) is 5.82 Å². The number of carbonyl (C=O) groups excluding carboxylic acids is 1. The Bertz CT molecular complexity index is 639. The van der Waals surface area contributed by atoms with Crippen LogP contribution in [0.2, 0.25) is 0 Å². The summed E-state index contributed by atoms with van der Waals surface area (Å²) in [6.45, 7) is 1.91. The lowest BCUT2D eigenvalue weighted by Crippen LogP contribution is -2.18. The normalized spacial score (nSPS) is 11.7. The van der Waals surface area contributed by atoms with Crippen molar-refractivity contribution in [2.75, 3.05) is 5.32 Å². The molecule has 2 N–H and O–H groups in total. The second-order valence-electron chi connectivity index (χ2n) is 5.18. The topological polar surface area (TPSA) is 79.3 Å². The van der Waals surface area contributed by atoms with Gasteiger partial charge >= 0.3 is 5.97 Å². The summed E-state index contributed by atoms with van der Waals surface area (Å²) in [5.41, 5.74) is 1.85. The summed E-state index contributed by atoms with van der Waals surface area (Å²) in [5, 5.41) is 11.7. The molecule has 2 aromatic rings. The van der Waals surface area contributed by atoms with Crippen molar-refractivity contribution in [2.45, 2.75) is 25.7 Å². The fourth-order valence-electron chi connectivity index (χ4n) is 2.20. The van der Waals surface area contributed by atoms with Crippen molar-refractivity contribution >= 4 is 17.7 Å². The molecule has 0 aliphatic rings. The van der Waals surface area contributed by atoms with E-state index in [1.165, 1.54) is 0 Å². The number of carboxylic acids is 1. The molecule has 2 rings (SSSR count). The van der Waals surface area contributed by atoms with Gasteiger partial charge in [-0.3, -0.25) is 9.59 Å². The minimum absolute atomic E-state index is 0.0846. The monoisotopic (exact) mass is 298 g/mol. The van der Waals surface area contributed by atoms with Crippen LogP contribution in [0.3, 0.4) is 0 Å². The second-order valence-corrected chi connectivity index (χ2v) is 5.18. The molecule has 0 spiro atoms. The summed E-state index contributed by atoms with van der Waals surface area (Å²) < 4.78 is 0. The number of carboxylic acid groups (broad SMARTS) is 1. The van der Waals surface area contributed by atoms with E-state index in [1.54, 1.807) is 12.3 Å². The summed E-state index contributed by atoms with van der Waals surface area (Å²) in [7, 11) is 0. The first-order valence-electron chi connectivity index (χ1n) is 7.04. The SMILES string of the molecule is Cc1ccc(NC(=O)C[C@@H](CC(=O)O)c2ccccc2)nc1. The van der Waals surface area contributed by atoms with Crippen LogP contribution >= 0.6 is 0 Å². The third-order valence-corrected chi connectivity index (χ3v) is 3.30. The quantitative estimate of drug-likeness (QED) is 0.859. The highest BCUT2D eigenvalue weighted by molar-refractivity contribution is 5.90. The van der Waals surface area contributed by atoms with Gasteiger partial charge in [-0.05, 0) is 24.1 Å². The first kappa shape index (κ1) is 15.7. The van der Waals surface area contributed by atoms with Gasteiger partial charge in [-0.1, -0.05) is 36.4 Å². The van der Waals surface area contributed by atoms with E-state index in [1.807, 2.05) is 43.3 Å². The number of amides is 1. The molecule has 5 heteroatoms. The summed E-state index contributed by atoms with van der Waals surface area (Å²) in [4.78, 5) is 27.2. The number of aryl methyl sites for hydroxylation is 1. The highest BCUT2D eigenvalue weighted by Gasteiger charge is 2.19. The lowest BCUT2D eigenvalue weighted by Gasteiger charge is -2.15. The predicted molar refractivity (Wildman–Crippen MR) is 83.7 cm³/mol. The molecule has 22 heavy (non-hydrogen) atoms. The zero-order chi connectivity index (χ0) is 15.9. The Hall–Kier alpha value is -2.69. The van der Waals surface area contributed by atoms with E-state index in [4.69, 9.17) is 5.11 Å². The maximum atomic E-state index is 12.1. The van der Waals surface area contributed by atoms with Crippen molar-refractivity contribution < 1.29 is 14.7 Å². The largest absolute Gasteiger partial charge is 0.481 e. The van der Waals surface area contributed by atoms with Gasteiger partial charge < -0.3 is 10.4 Å². The van der Waals surface area contributed by atoms with Crippen LogP contribution in [0, 0.1) is 6.92 Å². The summed E-state index contributed by atoms with van der Waals surface area (Å²) in [6, 6.07) is 12.8. The number of pyridine rings is 1. The van der Waals surface area contributed by atoms with Gasteiger partial charge in [0.2, 0.25) is 5.91 Å². The van der Waals surface area contributed by atoms with Gasteiger partial charge in [-0.25, -0.2) is 4.98 Å². The number of hydrogen-bond donors (Lipinski definition) is 2. The zero-order valence-electron chi connectivity index (χ0n) is 12.3. The summed E-state index contributed by atoms with van der Waals surface area (Å²) in [5.74, 6) is -1.05. The lowest BCUT2D eigenvalue weighted by atomic mass is 9.92. The van der Waals surface area contributed by atoms with Crippen molar-refractivity contribution in [1.29, 1.82) is 0 Å². The van der Waals surface area contributed by atoms with Crippen LogP contribution < -0.4 is 5.32 Å². The molecule has 0 aliphatic heterocycles. The molecule has 0 unspecified atom stereocenters. The van der Waals surface area contributed by atoms with Crippen LogP contribution in [0.5, 0.6) is 0 Å². The van der Waals surface area contributed by atoms with Crippen molar-refractivity contribution in [3.63, 3.8) is 0 Å². The van der Waals surface area contributed by atoms with E-state index >= 15 is 0 Å². The average molecular weight is 298 g/mol. The van der Waals surface area contributed by atoms with Crippen molar-refractivity contribution in [3.05, 3.63) is 59.8 Å². The number of aliphatic carboxylic acids is 1. The fourth-order valence-corrected chi connectivity index (χ4v) is 2.20. The van der Waals surface area contributed by atoms with Gasteiger partial charge in [0.05, 0.1) is 6.42 Å². The van der Waals surface area contributed by atoms with Crippen molar-refractivity contribution in [2.24, 2.45) is 0 Å². The highest BCUT2D eigenvalue weighted by atomic mass is 16.4. The number of rotatable bonds is 6. The molecule has 0 bridgehead atoms. The molecule has 114 valence electrons. The number of nitrogens with one attached hydrogen (secondary N) is 1. The maximum absolute atomic E-state index is 12.1. The number of hydrogen-bond acceptors (Lipinski definition) is 3. The molecule has 1 aromatic heterocycles. The molecule has 0 aliphatic carbocycles. The van der Waals surface area contributed by atoms with E-state index in [-0.39, 0.29) is 24.7 Å². The first-order chi connectivity index (χ1) is 10.5. The summed E-state index contributed by atoms with van der Waals surface area (Å²) >= 11 is 0. The molecule has 0 fully saturated rings. The number of benzene rings is 1. The molecular formula is C17H18N2O3. The molecule has 1 aromatic carbocycles. The Balaban J connectivity index is 2.04. The van der Waals surface area contributed by atoms with Gasteiger partial charge in [0, 0.05) is 18.5 Å². The number of carbonyl (C=O) groups is 2. The molecule has 1 heterocycles. The third kappa shape index (κ3) is 4.70. The molecule has 1 atom stereocenters. The standard InChI is InChI=1S/C17H18N2O3/c1-12-7-8-15(18-11-12)19-16(20)9-14(10-17(21)22)13-5-3-2-4-6-13/h2-8,11,14H,9-10H2,1H3,(H,21,22)(H,18,19,20)/t14-/m0/s1. The molecular weight excluding hydrogens is 280 g/mol. The minimum Gasteiger partial charge on any atom is -0.481 e. The van der Waals surface area contributed by atoms with E-state index in [0.29, 0.717) is 5.82 Å². The van der Waals surface area contributed by atoms with E-state index in [9.17, 15) is 9.59 Å². The van der Waals surface area contributed by atoms with Crippen molar-refractivity contribution in [3.8, 4) is 0 Å². The molecule has 5 nitrogen and oxygen atoms in total.